The van der Waals surface area contributed by atoms with Crippen LogP contribution in [0.25, 0.3) is 11.1 Å². The van der Waals surface area contributed by atoms with Crippen molar-refractivity contribution >= 4 is 22.9 Å². The number of nitrogens with one attached hydrogen (secondary N) is 2. The highest BCUT2D eigenvalue weighted by molar-refractivity contribution is 5.99. The average molecular weight is 348 g/mol. The predicted molar refractivity (Wildman–Crippen MR) is 92.4 cm³/mol. The lowest BCUT2D eigenvalue weighted by atomic mass is 10.3. The summed E-state index contributed by atoms with van der Waals surface area (Å²) in [7, 11) is 1.79. The third-order valence-corrected chi connectivity index (χ3v) is 4.38. The molecule has 2 N–H and O–H groups in total. The topological polar surface area (TPSA) is 88.7 Å². The van der Waals surface area contributed by atoms with Crippen LogP contribution in [-0.2, 0) is 16.6 Å². The third kappa shape index (κ3) is 4.40. The predicted octanol–water partition coefficient (Wildman–Crippen LogP) is 0.340. The Hall–Kier alpha value is -2.32. The molecule has 0 atom stereocenters. The highest BCUT2D eigenvalue weighted by Crippen LogP contribution is 2.19. The van der Waals surface area contributed by atoms with Crippen molar-refractivity contribution in [3.8, 4) is 0 Å². The summed E-state index contributed by atoms with van der Waals surface area (Å²) in [5.74, 6) is -0.481. The van der Waals surface area contributed by atoms with Gasteiger partial charge in [0, 0.05) is 38.8 Å². The summed E-state index contributed by atoms with van der Waals surface area (Å²) >= 11 is 0. The number of carbonyl (C=O) groups excluding carboxylic acids is 2. The Balaban J connectivity index is 1.36. The highest BCUT2D eigenvalue weighted by atomic mass is 16.5. The highest BCUT2D eigenvalue weighted by Gasteiger charge is 2.15. The second-order valence-corrected chi connectivity index (χ2v) is 6.10. The van der Waals surface area contributed by atoms with Gasteiger partial charge in [0.1, 0.15) is 5.69 Å². The van der Waals surface area contributed by atoms with Crippen LogP contribution in [0, 0.1) is 0 Å². The van der Waals surface area contributed by atoms with Gasteiger partial charge in [-0.1, -0.05) is 0 Å². The molecule has 1 aliphatic rings. The van der Waals surface area contributed by atoms with E-state index in [9.17, 15) is 9.59 Å². The average Bonchev–Trinajstić information content (AvgIpc) is 3.21. The number of amides is 2. The van der Waals surface area contributed by atoms with E-state index in [1.165, 1.54) is 0 Å². The first-order valence-corrected chi connectivity index (χ1v) is 8.53. The van der Waals surface area contributed by atoms with E-state index in [1.807, 2.05) is 0 Å². The molecule has 1 aliphatic heterocycles. The van der Waals surface area contributed by atoms with E-state index in [0.29, 0.717) is 17.8 Å². The van der Waals surface area contributed by atoms with Crippen molar-refractivity contribution in [1.82, 2.24) is 20.1 Å². The van der Waals surface area contributed by atoms with Gasteiger partial charge in [0.25, 0.3) is 5.91 Å². The zero-order valence-corrected chi connectivity index (χ0v) is 14.4. The quantitative estimate of drug-likeness (QED) is 0.705. The monoisotopic (exact) mass is 348 g/mol. The molecule has 2 aromatic heterocycles. The maximum atomic E-state index is 12.2. The summed E-state index contributed by atoms with van der Waals surface area (Å²) < 4.78 is 12.3. The Morgan fingerprint density at radius 3 is 2.80 bits per heavy atom. The van der Waals surface area contributed by atoms with Crippen molar-refractivity contribution < 1.29 is 18.7 Å². The molecular weight excluding hydrogens is 324 g/mol. The SMILES string of the molecule is Cn1c(C(=O)NCC(=O)NCCCN2CCOCC2)cc2occc21. The van der Waals surface area contributed by atoms with Crippen LogP contribution in [0.15, 0.2) is 22.8 Å². The van der Waals surface area contributed by atoms with E-state index < -0.39 is 0 Å². The molecule has 0 bridgehead atoms. The summed E-state index contributed by atoms with van der Waals surface area (Å²) in [6.07, 6.45) is 2.46. The van der Waals surface area contributed by atoms with Crippen LogP contribution in [0.3, 0.4) is 0 Å². The Bertz CT molecular complexity index is 730. The van der Waals surface area contributed by atoms with Gasteiger partial charge in [-0.25, -0.2) is 0 Å². The lowest BCUT2D eigenvalue weighted by Gasteiger charge is -2.26. The Morgan fingerprint density at radius 2 is 2.04 bits per heavy atom. The molecular formula is C17H24N4O4. The van der Waals surface area contributed by atoms with Gasteiger partial charge in [-0.2, -0.15) is 0 Å². The van der Waals surface area contributed by atoms with E-state index in [4.69, 9.17) is 9.15 Å². The van der Waals surface area contributed by atoms with Crippen molar-refractivity contribution in [3.05, 3.63) is 24.1 Å². The molecule has 0 aliphatic carbocycles. The standard InChI is InChI=1S/C17H24N4O4/c1-20-13-3-8-25-15(13)11-14(20)17(23)19-12-16(22)18-4-2-5-21-6-9-24-10-7-21/h3,8,11H,2,4-7,9-10,12H2,1H3,(H,18,22)(H,19,23). The van der Waals surface area contributed by atoms with Gasteiger partial charge in [0.2, 0.25) is 5.91 Å². The van der Waals surface area contributed by atoms with Gasteiger partial charge in [0.05, 0.1) is 31.5 Å². The van der Waals surface area contributed by atoms with E-state index >= 15 is 0 Å². The van der Waals surface area contributed by atoms with Gasteiger partial charge in [-0.3, -0.25) is 14.5 Å². The number of fused-ring (bicyclic) bond motifs is 1. The van der Waals surface area contributed by atoms with E-state index in [0.717, 1.165) is 44.8 Å². The number of aromatic nitrogens is 1. The van der Waals surface area contributed by atoms with Crippen LogP contribution in [0.5, 0.6) is 0 Å². The van der Waals surface area contributed by atoms with E-state index in [1.54, 1.807) is 30.0 Å². The molecule has 2 aromatic rings. The fourth-order valence-corrected chi connectivity index (χ4v) is 2.94. The molecule has 8 heteroatoms. The Labute approximate surface area is 146 Å². The van der Waals surface area contributed by atoms with Crippen LogP contribution in [-0.4, -0.2) is 67.2 Å². The summed E-state index contributed by atoms with van der Waals surface area (Å²) in [4.78, 5) is 26.4. The second-order valence-electron chi connectivity index (χ2n) is 6.10. The van der Waals surface area contributed by atoms with Crippen LogP contribution >= 0.6 is 0 Å². The smallest absolute Gasteiger partial charge is 0.268 e. The normalized spacial score (nSPS) is 15.4. The fourth-order valence-electron chi connectivity index (χ4n) is 2.94. The molecule has 0 spiro atoms. The van der Waals surface area contributed by atoms with Gasteiger partial charge in [0.15, 0.2) is 5.58 Å². The summed E-state index contributed by atoms with van der Waals surface area (Å²) in [5, 5.41) is 5.47. The van der Waals surface area contributed by atoms with Gasteiger partial charge < -0.3 is 24.4 Å². The number of hydrogen-bond donors (Lipinski definition) is 2. The number of carbonyl (C=O) groups is 2. The second kappa shape index (κ2) is 8.17. The fraction of sp³-hybridized carbons (Fsp3) is 0.529. The molecule has 1 saturated heterocycles. The van der Waals surface area contributed by atoms with Gasteiger partial charge in [-0.15, -0.1) is 0 Å². The first-order valence-electron chi connectivity index (χ1n) is 8.53. The number of morpholine rings is 1. The number of ether oxygens (including phenoxy) is 1. The lowest BCUT2D eigenvalue weighted by molar-refractivity contribution is -0.120. The molecule has 25 heavy (non-hydrogen) atoms. The minimum absolute atomic E-state index is 0.0388. The molecule has 1 fully saturated rings. The number of nitrogens with zero attached hydrogens (tertiary/aromatic N) is 2. The molecule has 0 unspecified atom stereocenters. The van der Waals surface area contributed by atoms with Crippen LogP contribution in [0.2, 0.25) is 0 Å². The van der Waals surface area contributed by atoms with Gasteiger partial charge >= 0.3 is 0 Å². The Kier molecular flexibility index (Phi) is 5.72. The Morgan fingerprint density at radius 1 is 1.24 bits per heavy atom. The number of rotatable bonds is 7. The van der Waals surface area contributed by atoms with Crippen molar-refractivity contribution in [3.63, 3.8) is 0 Å². The molecule has 0 aromatic carbocycles. The zero-order chi connectivity index (χ0) is 17.6. The molecule has 2 amide bonds. The molecule has 136 valence electrons. The summed E-state index contributed by atoms with van der Waals surface area (Å²) in [6.45, 7) is 4.96. The van der Waals surface area contributed by atoms with Gasteiger partial charge in [-0.05, 0) is 13.0 Å². The number of hydrogen-bond acceptors (Lipinski definition) is 5. The minimum atomic E-state index is -0.294. The van der Waals surface area contributed by atoms with Crippen molar-refractivity contribution in [2.24, 2.45) is 7.05 Å². The first kappa shape index (κ1) is 17.5. The van der Waals surface area contributed by atoms with Crippen molar-refractivity contribution in [2.45, 2.75) is 6.42 Å². The summed E-state index contributed by atoms with van der Waals surface area (Å²) in [6, 6.07) is 3.47. The van der Waals surface area contributed by atoms with Crippen LogP contribution < -0.4 is 10.6 Å². The molecule has 3 heterocycles. The molecule has 0 saturated carbocycles. The van der Waals surface area contributed by atoms with Crippen molar-refractivity contribution in [1.29, 1.82) is 0 Å². The molecule has 8 nitrogen and oxygen atoms in total. The van der Waals surface area contributed by atoms with Crippen LogP contribution in [0.1, 0.15) is 16.9 Å². The van der Waals surface area contributed by atoms with Crippen LogP contribution in [0.4, 0.5) is 0 Å². The molecule has 0 radical (unpaired) electrons. The number of aryl methyl sites for hydroxylation is 1. The minimum Gasteiger partial charge on any atom is -0.463 e. The lowest BCUT2D eigenvalue weighted by Crippen LogP contribution is -2.40. The summed E-state index contributed by atoms with van der Waals surface area (Å²) in [5.41, 5.74) is 1.97. The van der Waals surface area contributed by atoms with E-state index in [2.05, 4.69) is 15.5 Å². The third-order valence-electron chi connectivity index (χ3n) is 4.38. The zero-order valence-electron chi connectivity index (χ0n) is 14.4. The number of furan rings is 1. The molecule has 3 rings (SSSR count). The maximum absolute atomic E-state index is 12.2. The largest absolute Gasteiger partial charge is 0.463 e. The first-order chi connectivity index (χ1) is 12.1. The van der Waals surface area contributed by atoms with Crippen molar-refractivity contribution in [2.75, 3.05) is 45.9 Å². The van der Waals surface area contributed by atoms with E-state index in [-0.39, 0.29) is 18.4 Å². The maximum Gasteiger partial charge on any atom is 0.268 e.